The molecule has 1 rings (SSSR count). The summed E-state index contributed by atoms with van der Waals surface area (Å²) in [6.07, 6.45) is -0.0119. The van der Waals surface area contributed by atoms with Gasteiger partial charge < -0.3 is 4.74 Å². The van der Waals surface area contributed by atoms with Gasteiger partial charge in [-0.15, -0.1) is 11.6 Å². The number of halogens is 2. The Bertz CT molecular complexity index is 465. The molecule has 100 valence electrons. The molecular formula is C14H18Cl2O2. The fourth-order valence-corrected chi connectivity index (χ4v) is 2.03. The highest BCUT2D eigenvalue weighted by Crippen LogP contribution is 2.33. The van der Waals surface area contributed by atoms with Gasteiger partial charge in [-0.05, 0) is 51.8 Å². The second kappa shape index (κ2) is 5.94. The predicted octanol–water partition coefficient (Wildman–Crippen LogP) is 4.55. The zero-order valence-corrected chi connectivity index (χ0v) is 12.8. The van der Waals surface area contributed by atoms with Crippen LogP contribution < -0.4 is 4.74 Å². The van der Waals surface area contributed by atoms with Crippen LogP contribution in [0.4, 0.5) is 0 Å². The van der Waals surface area contributed by atoms with Crippen LogP contribution in [-0.2, 0) is 0 Å². The maximum absolute atomic E-state index is 12.2. The number of hydrogen-bond donors (Lipinski definition) is 0. The minimum absolute atomic E-state index is 0.0119. The quantitative estimate of drug-likeness (QED) is 0.600. The molecule has 0 saturated heterocycles. The summed E-state index contributed by atoms with van der Waals surface area (Å²) >= 11 is 12.1. The van der Waals surface area contributed by atoms with E-state index in [1.165, 1.54) is 0 Å². The molecule has 0 spiro atoms. The minimum atomic E-state index is -0.600. The van der Waals surface area contributed by atoms with E-state index in [2.05, 4.69) is 0 Å². The standard InChI is InChI=1S/C14H18Cl2O2/c1-7(2)18-11-6-8(3)13(16)9(4)12(11)14(17)10(5)15/h6-7,10H,1-5H3. The van der Waals surface area contributed by atoms with Crippen LogP contribution in [0.3, 0.4) is 0 Å². The number of alkyl halides is 1. The second-order valence-electron chi connectivity index (χ2n) is 4.65. The van der Waals surface area contributed by atoms with E-state index in [-0.39, 0.29) is 11.9 Å². The number of aryl methyl sites for hydroxylation is 1. The van der Waals surface area contributed by atoms with Gasteiger partial charge in [0.15, 0.2) is 5.78 Å². The van der Waals surface area contributed by atoms with E-state index in [4.69, 9.17) is 27.9 Å². The topological polar surface area (TPSA) is 26.3 Å². The Kier molecular flexibility index (Phi) is 5.06. The van der Waals surface area contributed by atoms with Crippen molar-refractivity contribution in [3.05, 3.63) is 27.8 Å². The first kappa shape index (κ1) is 15.3. The molecule has 18 heavy (non-hydrogen) atoms. The van der Waals surface area contributed by atoms with E-state index in [0.717, 1.165) is 11.1 Å². The molecule has 0 radical (unpaired) electrons. The van der Waals surface area contributed by atoms with Crippen LogP contribution in [0.25, 0.3) is 0 Å². The van der Waals surface area contributed by atoms with E-state index in [1.54, 1.807) is 13.0 Å². The number of ether oxygens (including phenoxy) is 1. The Labute approximate surface area is 118 Å². The second-order valence-corrected chi connectivity index (χ2v) is 5.69. The van der Waals surface area contributed by atoms with Crippen LogP contribution in [-0.4, -0.2) is 17.3 Å². The molecule has 1 atom stereocenters. The van der Waals surface area contributed by atoms with E-state index in [9.17, 15) is 4.79 Å². The summed E-state index contributed by atoms with van der Waals surface area (Å²) in [5, 5.41) is -0.0104. The first-order valence-electron chi connectivity index (χ1n) is 5.90. The molecule has 0 fully saturated rings. The zero-order chi connectivity index (χ0) is 14.0. The number of hydrogen-bond acceptors (Lipinski definition) is 2. The molecule has 0 bridgehead atoms. The summed E-state index contributed by atoms with van der Waals surface area (Å²) in [5.74, 6) is 0.397. The van der Waals surface area contributed by atoms with E-state index >= 15 is 0 Å². The van der Waals surface area contributed by atoms with Gasteiger partial charge in [0.2, 0.25) is 0 Å². The first-order chi connectivity index (χ1) is 8.25. The van der Waals surface area contributed by atoms with Crippen LogP contribution in [0.2, 0.25) is 5.02 Å². The average Bonchev–Trinajstić information content (AvgIpc) is 2.24. The van der Waals surface area contributed by atoms with Gasteiger partial charge in [-0.3, -0.25) is 4.79 Å². The molecule has 0 aliphatic rings. The smallest absolute Gasteiger partial charge is 0.184 e. The normalized spacial score (nSPS) is 12.7. The molecule has 0 saturated carbocycles. The van der Waals surface area contributed by atoms with Crippen molar-refractivity contribution < 1.29 is 9.53 Å². The molecule has 0 aliphatic heterocycles. The van der Waals surface area contributed by atoms with Crippen molar-refractivity contribution in [3.8, 4) is 5.75 Å². The van der Waals surface area contributed by atoms with Gasteiger partial charge in [-0.1, -0.05) is 11.6 Å². The van der Waals surface area contributed by atoms with Crippen LogP contribution in [0, 0.1) is 13.8 Å². The van der Waals surface area contributed by atoms with Crippen molar-refractivity contribution in [1.29, 1.82) is 0 Å². The summed E-state index contributed by atoms with van der Waals surface area (Å²) < 4.78 is 5.70. The molecule has 2 nitrogen and oxygen atoms in total. The highest BCUT2D eigenvalue weighted by Gasteiger charge is 2.23. The molecule has 0 heterocycles. The largest absolute Gasteiger partial charge is 0.490 e. The summed E-state index contributed by atoms with van der Waals surface area (Å²) in [6.45, 7) is 9.18. The molecule has 1 unspecified atom stereocenters. The zero-order valence-electron chi connectivity index (χ0n) is 11.3. The Morgan fingerprint density at radius 1 is 1.28 bits per heavy atom. The molecule has 0 aromatic heterocycles. The van der Waals surface area contributed by atoms with Gasteiger partial charge in [-0.25, -0.2) is 0 Å². The van der Waals surface area contributed by atoms with E-state index in [0.29, 0.717) is 16.3 Å². The van der Waals surface area contributed by atoms with Gasteiger partial charge in [0.05, 0.1) is 17.0 Å². The third-order valence-electron chi connectivity index (χ3n) is 2.61. The highest BCUT2D eigenvalue weighted by atomic mass is 35.5. The summed E-state index contributed by atoms with van der Waals surface area (Å²) in [5.41, 5.74) is 2.11. The lowest BCUT2D eigenvalue weighted by atomic mass is 9.99. The van der Waals surface area contributed by atoms with Crippen molar-refractivity contribution in [2.45, 2.75) is 46.1 Å². The third kappa shape index (κ3) is 3.18. The highest BCUT2D eigenvalue weighted by molar-refractivity contribution is 6.36. The molecule has 1 aromatic rings. The number of carbonyl (C=O) groups is 1. The van der Waals surface area contributed by atoms with Crippen molar-refractivity contribution in [2.75, 3.05) is 0 Å². The Hall–Kier alpha value is -0.730. The van der Waals surface area contributed by atoms with E-state index < -0.39 is 5.38 Å². The molecule has 0 aliphatic carbocycles. The van der Waals surface area contributed by atoms with Crippen LogP contribution >= 0.6 is 23.2 Å². The fourth-order valence-electron chi connectivity index (χ4n) is 1.77. The summed E-state index contributed by atoms with van der Waals surface area (Å²) in [7, 11) is 0. The minimum Gasteiger partial charge on any atom is -0.490 e. The maximum Gasteiger partial charge on any atom is 0.184 e. The van der Waals surface area contributed by atoms with Crippen LogP contribution in [0.1, 0.15) is 42.3 Å². The maximum atomic E-state index is 12.2. The third-order valence-corrected chi connectivity index (χ3v) is 3.39. The Balaban J connectivity index is 3.44. The molecule has 1 aromatic carbocycles. The van der Waals surface area contributed by atoms with Gasteiger partial charge in [0.25, 0.3) is 0 Å². The first-order valence-corrected chi connectivity index (χ1v) is 6.71. The lowest BCUT2D eigenvalue weighted by Gasteiger charge is -2.18. The lowest BCUT2D eigenvalue weighted by Crippen LogP contribution is -2.17. The van der Waals surface area contributed by atoms with Gasteiger partial charge >= 0.3 is 0 Å². The lowest BCUT2D eigenvalue weighted by molar-refractivity contribution is 0.0985. The van der Waals surface area contributed by atoms with Crippen molar-refractivity contribution in [1.82, 2.24) is 0 Å². The molecule has 4 heteroatoms. The number of carbonyl (C=O) groups excluding carboxylic acids is 1. The number of rotatable bonds is 4. The number of ketones is 1. The average molecular weight is 289 g/mol. The van der Waals surface area contributed by atoms with Gasteiger partial charge in [-0.2, -0.15) is 0 Å². The van der Waals surface area contributed by atoms with Crippen molar-refractivity contribution >= 4 is 29.0 Å². The van der Waals surface area contributed by atoms with Crippen LogP contribution in [0.15, 0.2) is 6.07 Å². The van der Waals surface area contributed by atoms with Crippen LogP contribution in [0.5, 0.6) is 5.75 Å². The Morgan fingerprint density at radius 3 is 2.28 bits per heavy atom. The summed E-state index contributed by atoms with van der Waals surface area (Å²) in [4.78, 5) is 12.2. The van der Waals surface area contributed by atoms with Crippen molar-refractivity contribution in [2.24, 2.45) is 0 Å². The monoisotopic (exact) mass is 288 g/mol. The van der Waals surface area contributed by atoms with E-state index in [1.807, 2.05) is 27.7 Å². The number of Topliss-reactive ketones (excluding diaryl/α,β-unsaturated/α-hetero) is 1. The number of benzene rings is 1. The molecular weight excluding hydrogens is 271 g/mol. The fraction of sp³-hybridized carbons (Fsp3) is 0.500. The Morgan fingerprint density at radius 2 is 1.83 bits per heavy atom. The molecule has 0 N–H and O–H groups in total. The van der Waals surface area contributed by atoms with Crippen molar-refractivity contribution in [3.63, 3.8) is 0 Å². The molecule has 0 amide bonds. The predicted molar refractivity (Wildman–Crippen MR) is 76.3 cm³/mol. The van der Waals surface area contributed by atoms with Gasteiger partial charge in [0.1, 0.15) is 5.75 Å². The van der Waals surface area contributed by atoms with Gasteiger partial charge in [0, 0.05) is 5.02 Å². The summed E-state index contributed by atoms with van der Waals surface area (Å²) in [6, 6.07) is 1.79. The SMILES string of the molecule is Cc1cc(OC(C)C)c(C(=O)C(C)Cl)c(C)c1Cl.